The molecule has 0 spiro atoms. The van der Waals surface area contributed by atoms with Gasteiger partial charge in [0.25, 0.3) is 0 Å². The normalized spacial score (nSPS) is 10.2. The van der Waals surface area contributed by atoms with Gasteiger partial charge in [0.2, 0.25) is 5.95 Å². The van der Waals surface area contributed by atoms with Gasteiger partial charge in [-0.2, -0.15) is 15.3 Å². The number of nitriles is 1. The Bertz CT molecular complexity index is 924. The predicted molar refractivity (Wildman–Crippen MR) is 98.5 cm³/mol. The summed E-state index contributed by atoms with van der Waals surface area (Å²) in [5.74, 6) is 0.871. The highest BCUT2D eigenvalue weighted by Crippen LogP contribution is 2.29. The molecule has 124 valence electrons. The molecule has 0 aliphatic carbocycles. The Labute approximate surface area is 150 Å². The molecule has 7 heteroatoms. The third-order valence-corrected chi connectivity index (χ3v) is 3.81. The van der Waals surface area contributed by atoms with Crippen molar-refractivity contribution in [2.45, 2.75) is 13.8 Å². The Morgan fingerprint density at radius 3 is 2.52 bits per heavy atom. The minimum absolute atomic E-state index is 0.340. The number of hydrogen-bond acceptors (Lipinski definition) is 6. The van der Waals surface area contributed by atoms with Gasteiger partial charge in [-0.25, -0.2) is 0 Å². The smallest absolute Gasteiger partial charge is 0.249 e. The molecule has 1 aromatic heterocycles. The van der Waals surface area contributed by atoms with Gasteiger partial charge in [-0.05, 0) is 55.3 Å². The van der Waals surface area contributed by atoms with E-state index in [1.807, 2.05) is 26.0 Å². The van der Waals surface area contributed by atoms with Gasteiger partial charge < -0.3 is 10.6 Å². The van der Waals surface area contributed by atoms with Crippen molar-refractivity contribution in [3.05, 3.63) is 64.3 Å². The van der Waals surface area contributed by atoms with Crippen molar-refractivity contribution in [3.63, 3.8) is 0 Å². The van der Waals surface area contributed by atoms with Crippen molar-refractivity contribution < 1.29 is 0 Å². The van der Waals surface area contributed by atoms with E-state index in [1.54, 1.807) is 24.3 Å². The lowest BCUT2D eigenvalue weighted by atomic mass is 10.1. The minimum Gasteiger partial charge on any atom is -0.339 e. The highest BCUT2D eigenvalue weighted by Gasteiger charge is 2.08. The summed E-state index contributed by atoms with van der Waals surface area (Å²) >= 11 is 6.30. The average molecular weight is 351 g/mol. The number of halogens is 1. The lowest BCUT2D eigenvalue weighted by molar-refractivity contribution is 0.981. The fourth-order valence-corrected chi connectivity index (χ4v) is 2.75. The summed E-state index contributed by atoms with van der Waals surface area (Å²) < 4.78 is 0. The van der Waals surface area contributed by atoms with Crippen LogP contribution in [0.2, 0.25) is 5.02 Å². The molecular formula is C18H15ClN6. The number of hydrogen-bond donors (Lipinski definition) is 2. The van der Waals surface area contributed by atoms with Gasteiger partial charge in [0.05, 0.1) is 28.5 Å². The molecule has 2 aromatic carbocycles. The molecule has 0 radical (unpaired) electrons. The van der Waals surface area contributed by atoms with Crippen LogP contribution in [0.4, 0.5) is 23.1 Å². The molecule has 0 unspecified atom stereocenters. The van der Waals surface area contributed by atoms with Gasteiger partial charge in [-0.1, -0.05) is 17.7 Å². The zero-order valence-corrected chi connectivity index (χ0v) is 14.5. The van der Waals surface area contributed by atoms with E-state index in [9.17, 15) is 0 Å². The molecule has 3 rings (SSSR count). The lowest BCUT2D eigenvalue weighted by Crippen LogP contribution is -2.04. The van der Waals surface area contributed by atoms with E-state index in [1.165, 1.54) is 6.20 Å². The number of rotatable bonds is 4. The van der Waals surface area contributed by atoms with Gasteiger partial charge in [-0.3, -0.25) is 0 Å². The number of nitrogens with zero attached hydrogens (tertiary/aromatic N) is 4. The second kappa shape index (κ2) is 7.16. The number of aryl methyl sites for hydroxylation is 2. The molecule has 0 saturated heterocycles. The topological polar surface area (TPSA) is 86.5 Å². The highest BCUT2D eigenvalue weighted by atomic mass is 35.5. The molecule has 0 fully saturated rings. The van der Waals surface area contributed by atoms with Crippen molar-refractivity contribution in [2.75, 3.05) is 10.6 Å². The SMILES string of the molecule is Cc1cc(C)c(Nc2nncc(Nc3ccc(C#N)cc3)n2)c(Cl)c1. The molecule has 0 atom stereocenters. The summed E-state index contributed by atoms with van der Waals surface area (Å²) in [7, 11) is 0. The largest absolute Gasteiger partial charge is 0.339 e. The molecule has 0 aliphatic rings. The zero-order valence-electron chi connectivity index (χ0n) is 13.7. The van der Waals surface area contributed by atoms with E-state index >= 15 is 0 Å². The maximum Gasteiger partial charge on any atom is 0.249 e. The predicted octanol–water partition coefficient (Wildman–Crippen LogP) is 4.50. The maximum absolute atomic E-state index is 8.84. The number of benzene rings is 2. The Hall–Kier alpha value is -3.17. The molecular weight excluding hydrogens is 336 g/mol. The van der Waals surface area contributed by atoms with Gasteiger partial charge in [0, 0.05) is 5.69 Å². The molecule has 0 saturated carbocycles. The van der Waals surface area contributed by atoms with Crippen molar-refractivity contribution in [2.24, 2.45) is 0 Å². The Kier molecular flexibility index (Phi) is 4.78. The van der Waals surface area contributed by atoms with Crippen LogP contribution in [0.5, 0.6) is 0 Å². The van der Waals surface area contributed by atoms with E-state index in [0.29, 0.717) is 22.4 Å². The molecule has 0 amide bonds. The van der Waals surface area contributed by atoms with E-state index < -0.39 is 0 Å². The van der Waals surface area contributed by atoms with Gasteiger partial charge >= 0.3 is 0 Å². The van der Waals surface area contributed by atoms with Crippen LogP contribution in [0.15, 0.2) is 42.6 Å². The van der Waals surface area contributed by atoms with Crippen molar-refractivity contribution in [3.8, 4) is 6.07 Å². The van der Waals surface area contributed by atoms with E-state index in [2.05, 4.69) is 31.9 Å². The standard InChI is InChI=1S/C18H15ClN6/c1-11-7-12(2)17(15(19)8-11)24-18-23-16(10-21-25-18)22-14-5-3-13(9-20)4-6-14/h3-8,10H,1-2H3,(H2,22,23,24,25). The molecule has 0 bridgehead atoms. The monoisotopic (exact) mass is 350 g/mol. The fourth-order valence-electron chi connectivity index (χ4n) is 2.38. The van der Waals surface area contributed by atoms with Gasteiger partial charge in [0.1, 0.15) is 0 Å². The van der Waals surface area contributed by atoms with E-state index in [4.69, 9.17) is 16.9 Å². The molecule has 2 N–H and O–H groups in total. The van der Waals surface area contributed by atoms with Crippen molar-refractivity contribution in [1.82, 2.24) is 15.2 Å². The van der Waals surface area contributed by atoms with Crippen LogP contribution in [0.1, 0.15) is 16.7 Å². The van der Waals surface area contributed by atoms with E-state index in [-0.39, 0.29) is 0 Å². The minimum atomic E-state index is 0.340. The summed E-state index contributed by atoms with van der Waals surface area (Å²) in [6.07, 6.45) is 1.52. The number of aromatic nitrogens is 3. The number of nitrogens with one attached hydrogen (secondary N) is 2. The fraction of sp³-hybridized carbons (Fsp3) is 0.111. The van der Waals surface area contributed by atoms with Gasteiger partial charge in [-0.15, -0.1) is 5.10 Å². The first-order valence-electron chi connectivity index (χ1n) is 7.56. The van der Waals surface area contributed by atoms with Crippen LogP contribution >= 0.6 is 11.6 Å². The molecule has 25 heavy (non-hydrogen) atoms. The first-order valence-corrected chi connectivity index (χ1v) is 7.93. The second-order valence-corrected chi connectivity index (χ2v) is 5.95. The Morgan fingerprint density at radius 2 is 1.84 bits per heavy atom. The zero-order chi connectivity index (χ0) is 17.8. The summed E-state index contributed by atoms with van der Waals surface area (Å²) in [4.78, 5) is 4.39. The second-order valence-electron chi connectivity index (χ2n) is 5.54. The average Bonchev–Trinajstić information content (AvgIpc) is 2.59. The third kappa shape index (κ3) is 4.03. The molecule has 6 nitrogen and oxygen atoms in total. The molecule has 1 heterocycles. The van der Waals surface area contributed by atoms with E-state index in [0.717, 1.165) is 22.5 Å². The highest BCUT2D eigenvalue weighted by molar-refractivity contribution is 6.33. The van der Waals surface area contributed by atoms with Crippen LogP contribution in [-0.4, -0.2) is 15.2 Å². The summed E-state index contributed by atoms with van der Waals surface area (Å²) in [5.41, 5.74) is 4.24. The first kappa shape index (κ1) is 16.7. The Balaban J connectivity index is 1.81. The number of anilines is 4. The summed E-state index contributed by atoms with van der Waals surface area (Å²) in [6.45, 7) is 3.95. The maximum atomic E-state index is 8.84. The third-order valence-electron chi connectivity index (χ3n) is 3.51. The summed E-state index contributed by atoms with van der Waals surface area (Å²) in [6, 6.07) is 13.0. The van der Waals surface area contributed by atoms with Gasteiger partial charge in [0.15, 0.2) is 5.82 Å². The molecule has 3 aromatic rings. The lowest BCUT2D eigenvalue weighted by Gasteiger charge is -2.12. The summed E-state index contributed by atoms with van der Waals surface area (Å²) in [5, 5.41) is 23.6. The first-order chi connectivity index (χ1) is 12.0. The van der Waals surface area contributed by atoms with Crippen LogP contribution < -0.4 is 10.6 Å². The Morgan fingerprint density at radius 1 is 1.08 bits per heavy atom. The molecule has 0 aliphatic heterocycles. The van der Waals surface area contributed by atoms with Crippen LogP contribution in [0, 0.1) is 25.2 Å². The van der Waals surface area contributed by atoms with Crippen LogP contribution in [0.25, 0.3) is 0 Å². The van der Waals surface area contributed by atoms with Crippen molar-refractivity contribution >= 4 is 34.7 Å². The van der Waals surface area contributed by atoms with Crippen LogP contribution in [-0.2, 0) is 0 Å². The van der Waals surface area contributed by atoms with Crippen LogP contribution in [0.3, 0.4) is 0 Å². The quantitative estimate of drug-likeness (QED) is 0.720. The van der Waals surface area contributed by atoms with Crippen molar-refractivity contribution in [1.29, 1.82) is 5.26 Å².